The molecule has 2 aromatic rings. The van der Waals surface area contributed by atoms with E-state index >= 15 is 0 Å². The Morgan fingerprint density at radius 3 is 2.84 bits per heavy atom. The highest BCUT2D eigenvalue weighted by molar-refractivity contribution is 5.82. The summed E-state index contributed by atoms with van der Waals surface area (Å²) in [7, 11) is 1.74. The van der Waals surface area contributed by atoms with E-state index in [-0.39, 0.29) is 24.9 Å². The zero-order chi connectivity index (χ0) is 18.0. The zero-order valence-electron chi connectivity index (χ0n) is 14.0. The normalized spacial score (nSPS) is 26.6. The number of carbonyl (C=O) groups excluding carboxylic acids is 1. The minimum Gasteiger partial charge on any atom is -0.388 e. The molecule has 4 atom stereocenters. The number of amides is 1. The van der Waals surface area contributed by atoms with Crippen LogP contribution in [0.25, 0.3) is 11.2 Å². The number of nitrogens with one attached hydrogen (secondary N) is 2. The lowest BCUT2D eigenvalue weighted by Crippen LogP contribution is -2.54. The van der Waals surface area contributed by atoms with Crippen LogP contribution < -0.4 is 16.4 Å². The predicted octanol–water partition coefficient (Wildman–Crippen LogP) is -1.24. The van der Waals surface area contributed by atoms with Crippen LogP contribution in [-0.4, -0.2) is 67.5 Å². The van der Waals surface area contributed by atoms with Crippen molar-refractivity contribution in [1.29, 1.82) is 0 Å². The molecule has 1 aliphatic rings. The SMILES string of the molecule is CNc1ncnc2c1ncn2[C@@H]1CC[C@@H](NC(=O)CCN)[C@@H](O)[C@@H]1O. The molecule has 6 N–H and O–H groups in total. The monoisotopic (exact) mass is 349 g/mol. The number of hydrogen-bond donors (Lipinski definition) is 5. The van der Waals surface area contributed by atoms with Crippen LogP contribution in [-0.2, 0) is 4.79 Å². The third-order valence-corrected chi connectivity index (χ3v) is 4.60. The lowest BCUT2D eigenvalue weighted by molar-refractivity contribution is -0.125. The lowest BCUT2D eigenvalue weighted by Gasteiger charge is -2.38. The van der Waals surface area contributed by atoms with Gasteiger partial charge in [0, 0.05) is 20.0 Å². The number of carbonyl (C=O) groups is 1. The Morgan fingerprint density at radius 1 is 1.32 bits per heavy atom. The summed E-state index contributed by atoms with van der Waals surface area (Å²) in [5.74, 6) is 0.373. The summed E-state index contributed by atoms with van der Waals surface area (Å²) in [5, 5.41) is 26.7. The Bertz CT molecular complexity index is 750. The summed E-state index contributed by atoms with van der Waals surface area (Å²) in [5.41, 5.74) is 6.55. The molecule has 25 heavy (non-hydrogen) atoms. The highest BCUT2D eigenvalue weighted by Gasteiger charge is 2.39. The van der Waals surface area contributed by atoms with Crippen molar-refractivity contribution < 1.29 is 15.0 Å². The average molecular weight is 349 g/mol. The molecule has 1 aliphatic carbocycles. The fourth-order valence-electron chi connectivity index (χ4n) is 3.31. The molecule has 0 aromatic carbocycles. The van der Waals surface area contributed by atoms with Crippen molar-refractivity contribution in [1.82, 2.24) is 24.8 Å². The Labute approximate surface area is 144 Å². The molecule has 0 aliphatic heterocycles. The average Bonchev–Trinajstić information content (AvgIpc) is 3.03. The minimum absolute atomic E-state index is 0.193. The van der Waals surface area contributed by atoms with Gasteiger partial charge in [0.25, 0.3) is 0 Å². The third-order valence-electron chi connectivity index (χ3n) is 4.60. The first kappa shape index (κ1) is 17.5. The molecule has 0 unspecified atom stereocenters. The second-order valence-electron chi connectivity index (χ2n) is 6.13. The lowest BCUT2D eigenvalue weighted by atomic mass is 9.85. The van der Waals surface area contributed by atoms with E-state index in [0.29, 0.717) is 29.8 Å². The van der Waals surface area contributed by atoms with Gasteiger partial charge in [-0.3, -0.25) is 4.79 Å². The summed E-state index contributed by atoms with van der Waals surface area (Å²) in [6, 6.07) is -0.884. The number of fused-ring (bicyclic) bond motifs is 1. The van der Waals surface area contributed by atoms with Crippen LogP contribution in [0.5, 0.6) is 0 Å². The van der Waals surface area contributed by atoms with E-state index in [0.717, 1.165) is 0 Å². The van der Waals surface area contributed by atoms with Gasteiger partial charge in [-0.2, -0.15) is 0 Å². The van der Waals surface area contributed by atoms with Gasteiger partial charge >= 0.3 is 0 Å². The number of nitrogens with two attached hydrogens (primary N) is 1. The van der Waals surface area contributed by atoms with Gasteiger partial charge in [-0.1, -0.05) is 0 Å². The van der Waals surface area contributed by atoms with E-state index < -0.39 is 18.2 Å². The van der Waals surface area contributed by atoms with Gasteiger partial charge in [0.1, 0.15) is 24.1 Å². The quantitative estimate of drug-likeness (QED) is 0.449. The van der Waals surface area contributed by atoms with Gasteiger partial charge in [0.05, 0.1) is 18.4 Å². The molecule has 1 amide bonds. The standard InChI is InChI=1S/C15H23N7O3/c1-17-14-11-15(19-6-18-14)22(7-20-11)9-3-2-8(12(24)13(9)25)21-10(23)4-5-16/h6-9,12-13,24-25H,2-5,16H2,1H3,(H,21,23)(H,17,18,19)/t8-,9-,12-,13-/m1/s1. The van der Waals surface area contributed by atoms with E-state index in [9.17, 15) is 15.0 Å². The molecular formula is C15H23N7O3. The largest absolute Gasteiger partial charge is 0.388 e. The number of aromatic nitrogens is 4. The van der Waals surface area contributed by atoms with Crippen molar-refractivity contribution in [3.63, 3.8) is 0 Å². The molecule has 2 heterocycles. The molecular weight excluding hydrogens is 326 g/mol. The fourth-order valence-corrected chi connectivity index (χ4v) is 3.31. The summed E-state index contributed by atoms with van der Waals surface area (Å²) >= 11 is 0. The smallest absolute Gasteiger partial charge is 0.221 e. The zero-order valence-corrected chi connectivity index (χ0v) is 14.0. The highest BCUT2D eigenvalue weighted by atomic mass is 16.3. The number of hydrogen-bond acceptors (Lipinski definition) is 8. The van der Waals surface area contributed by atoms with Crippen LogP contribution in [0.2, 0.25) is 0 Å². The first-order valence-corrected chi connectivity index (χ1v) is 8.27. The van der Waals surface area contributed by atoms with Crippen LogP contribution in [0, 0.1) is 0 Å². The topological polar surface area (TPSA) is 151 Å². The van der Waals surface area contributed by atoms with Crippen molar-refractivity contribution in [2.45, 2.75) is 43.6 Å². The van der Waals surface area contributed by atoms with E-state index in [1.165, 1.54) is 6.33 Å². The Morgan fingerprint density at radius 2 is 2.12 bits per heavy atom. The maximum Gasteiger partial charge on any atom is 0.221 e. The Kier molecular flexibility index (Phi) is 5.11. The highest BCUT2D eigenvalue weighted by Crippen LogP contribution is 2.32. The molecule has 10 heteroatoms. The van der Waals surface area contributed by atoms with Gasteiger partial charge in [-0.25, -0.2) is 15.0 Å². The van der Waals surface area contributed by atoms with Crippen molar-refractivity contribution >= 4 is 22.9 Å². The van der Waals surface area contributed by atoms with Crippen molar-refractivity contribution in [3.8, 4) is 0 Å². The maximum atomic E-state index is 11.7. The van der Waals surface area contributed by atoms with Crippen LogP contribution in [0.15, 0.2) is 12.7 Å². The number of aliphatic hydroxyl groups excluding tert-OH is 2. The van der Waals surface area contributed by atoms with Crippen molar-refractivity contribution in [2.75, 3.05) is 18.9 Å². The van der Waals surface area contributed by atoms with Crippen LogP contribution in [0.1, 0.15) is 25.3 Å². The summed E-state index contributed by atoms with van der Waals surface area (Å²) in [4.78, 5) is 24.4. The molecule has 2 aromatic heterocycles. The van der Waals surface area contributed by atoms with Crippen LogP contribution >= 0.6 is 0 Å². The van der Waals surface area contributed by atoms with E-state index in [4.69, 9.17) is 5.73 Å². The van der Waals surface area contributed by atoms with Crippen molar-refractivity contribution in [3.05, 3.63) is 12.7 Å². The summed E-state index contributed by atoms with van der Waals surface area (Å²) < 4.78 is 1.75. The molecule has 3 rings (SSSR count). The van der Waals surface area contributed by atoms with Crippen molar-refractivity contribution in [2.24, 2.45) is 5.73 Å². The fraction of sp³-hybridized carbons (Fsp3) is 0.600. The number of anilines is 1. The van der Waals surface area contributed by atoms with Gasteiger partial charge in [-0.05, 0) is 12.8 Å². The van der Waals surface area contributed by atoms with Gasteiger partial charge in [0.15, 0.2) is 11.5 Å². The predicted molar refractivity (Wildman–Crippen MR) is 90.8 cm³/mol. The Balaban J connectivity index is 1.80. The first-order chi connectivity index (χ1) is 12.1. The number of rotatable bonds is 5. The van der Waals surface area contributed by atoms with Crippen LogP contribution in [0.4, 0.5) is 5.82 Å². The van der Waals surface area contributed by atoms with Gasteiger partial charge < -0.3 is 31.1 Å². The van der Waals surface area contributed by atoms with Crippen LogP contribution in [0.3, 0.4) is 0 Å². The molecule has 0 saturated heterocycles. The van der Waals surface area contributed by atoms with Gasteiger partial charge in [0.2, 0.25) is 5.91 Å². The first-order valence-electron chi connectivity index (χ1n) is 8.27. The molecule has 0 spiro atoms. The molecule has 0 bridgehead atoms. The maximum absolute atomic E-state index is 11.7. The molecule has 10 nitrogen and oxygen atoms in total. The number of aliphatic hydroxyl groups is 2. The molecule has 1 fully saturated rings. The number of nitrogens with zero attached hydrogens (tertiary/aromatic N) is 4. The summed E-state index contributed by atoms with van der Waals surface area (Å²) in [6.45, 7) is 0.244. The molecule has 1 saturated carbocycles. The van der Waals surface area contributed by atoms with E-state index in [2.05, 4.69) is 25.6 Å². The second-order valence-corrected chi connectivity index (χ2v) is 6.13. The third kappa shape index (κ3) is 3.28. The number of imidazole rings is 1. The molecule has 0 radical (unpaired) electrons. The van der Waals surface area contributed by atoms with Gasteiger partial charge in [-0.15, -0.1) is 0 Å². The Hall–Kier alpha value is -2.30. The van der Waals surface area contributed by atoms with E-state index in [1.54, 1.807) is 17.9 Å². The second kappa shape index (κ2) is 7.30. The minimum atomic E-state index is -1.08. The molecule has 136 valence electrons. The van der Waals surface area contributed by atoms with E-state index in [1.807, 2.05) is 0 Å². The summed E-state index contributed by atoms with van der Waals surface area (Å²) in [6.07, 6.45) is 2.17.